The van der Waals surface area contributed by atoms with Crippen LogP contribution in [-0.2, 0) is 11.2 Å². The quantitative estimate of drug-likeness (QED) is 0.788. The minimum atomic E-state index is -0.181. The van der Waals surface area contributed by atoms with Crippen molar-refractivity contribution in [3.8, 4) is 5.75 Å². The third kappa shape index (κ3) is 6.33. The lowest BCUT2D eigenvalue weighted by Crippen LogP contribution is -1.83. The molecule has 15 heavy (non-hydrogen) atoms. The monoisotopic (exact) mass is 232 g/mol. The fourth-order valence-corrected chi connectivity index (χ4v) is 1.22. The molecule has 0 aliphatic rings. The minimum absolute atomic E-state index is 0.181. The van der Waals surface area contributed by atoms with Crippen molar-refractivity contribution >= 4 is 11.6 Å². The van der Waals surface area contributed by atoms with Crippen LogP contribution < -0.4 is 0 Å². The number of phenols is 1. The zero-order chi connectivity index (χ0) is 11.7. The Kier molecular flexibility index (Phi) is 8.09. The van der Waals surface area contributed by atoms with Gasteiger partial charge in [0.05, 0.1) is 0 Å². The highest BCUT2D eigenvalue weighted by molar-refractivity contribution is 6.30. The van der Waals surface area contributed by atoms with Crippen LogP contribution in [0.15, 0.2) is 18.2 Å². The molecule has 2 N–H and O–H groups in total. The van der Waals surface area contributed by atoms with Crippen molar-refractivity contribution in [3.63, 3.8) is 0 Å². The molecule has 0 aliphatic heterocycles. The van der Waals surface area contributed by atoms with Crippen molar-refractivity contribution in [2.75, 3.05) is 13.9 Å². The summed E-state index contributed by atoms with van der Waals surface area (Å²) in [5, 5.41) is 17.6. The van der Waals surface area contributed by atoms with Crippen LogP contribution in [0, 0.1) is 0 Å². The number of aliphatic hydroxyl groups is 1. The van der Waals surface area contributed by atoms with Crippen molar-refractivity contribution in [1.29, 1.82) is 0 Å². The van der Waals surface area contributed by atoms with Crippen molar-refractivity contribution in [2.45, 2.75) is 19.8 Å². The number of hydrogen-bond acceptors (Lipinski definition) is 3. The summed E-state index contributed by atoms with van der Waals surface area (Å²) in [5.41, 5.74) is 0.931. The standard InChI is InChI=1S/C9H11ClO.C2H6O2/c1-2-3-7-6-8(10)4-5-9(7)11;1-4-2-3/h4-6,11H,2-3H2,1H3;3H,2H2,1H3. The van der Waals surface area contributed by atoms with Gasteiger partial charge in [-0.3, -0.25) is 0 Å². The van der Waals surface area contributed by atoms with Crippen molar-refractivity contribution < 1.29 is 14.9 Å². The molecule has 0 aliphatic carbocycles. The number of aromatic hydroxyl groups is 1. The summed E-state index contributed by atoms with van der Waals surface area (Å²) in [5.74, 6) is 0.344. The molecule has 1 aromatic rings. The van der Waals surface area contributed by atoms with E-state index in [9.17, 15) is 5.11 Å². The van der Waals surface area contributed by atoms with Gasteiger partial charge in [-0.05, 0) is 30.2 Å². The smallest absolute Gasteiger partial charge is 0.143 e. The molecule has 0 fully saturated rings. The van der Waals surface area contributed by atoms with E-state index < -0.39 is 0 Å². The zero-order valence-corrected chi connectivity index (χ0v) is 9.79. The zero-order valence-electron chi connectivity index (χ0n) is 9.03. The van der Waals surface area contributed by atoms with Crippen LogP contribution in [0.5, 0.6) is 5.75 Å². The van der Waals surface area contributed by atoms with Crippen LogP contribution in [0.2, 0.25) is 5.02 Å². The van der Waals surface area contributed by atoms with Gasteiger partial charge < -0.3 is 14.9 Å². The van der Waals surface area contributed by atoms with Crippen LogP contribution >= 0.6 is 11.6 Å². The SMILES string of the molecule is CCCc1cc(Cl)ccc1O.COCO. The summed E-state index contributed by atoms with van der Waals surface area (Å²) in [4.78, 5) is 0. The molecule has 0 aromatic heterocycles. The number of benzene rings is 1. The second-order valence-electron chi connectivity index (χ2n) is 2.94. The number of ether oxygens (including phenoxy) is 1. The molecule has 0 spiro atoms. The highest BCUT2D eigenvalue weighted by atomic mass is 35.5. The summed E-state index contributed by atoms with van der Waals surface area (Å²) in [6.07, 6.45) is 1.90. The molecule has 0 bridgehead atoms. The lowest BCUT2D eigenvalue weighted by atomic mass is 10.1. The lowest BCUT2D eigenvalue weighted by molar-refractivity contribution is 0.0325. The molecule has 4 heteroatoms. The highest BCUT2D eigenvalue weighted by Crippen LogP contribution is 2.22. The van der Waals surface area contributed by atoms with E-state index in [1.165, 1.54) is 7.11 Å². The van der Waals surface area contributed by atoms with E-state index in [4.69, 9.17) is 16.7 Å². The molecular formula is C11H17ClO3. The van der Waals surface area contributed by atoms with Crippen LogP contribution in [0.25, 0.3) is 0 Å². The molecule has 86 valence electrons. The average Bonchev–Trinajstić information content (AvgIpc) is 2.24. The van der Waals surface area contributed by atoms with Gasteiger partial charge in [0.2, 0.25) is 0 Å². The number of aliphatic hydroxyl groups excluding tert-OH is 1. The second kappa shape index (κ2) is 8.53. The van der Waals surface area contributed by atoms with Gasteiger partial charge in [-0.1, -0.05) is 24.9 Å². The molecule has 0 radical (unpaired) electrons. The van der Waals surface area contributed by atoms with E-state index in [0.717, 1.165) is 18.4 Å². The molecule has 0 atom stereocenters. The largest absolute Gasteiger partial charge is 0.508 e. The Labute approximate surface area is 95.3 Å². The molecular weight excluding hydrogens is 216 g/mol. The minimum Gasteiger partial charge on any atom is -0.508 e. The second-order valence-corrected chi connectivity index (χ2v) is 3.38. The van der Waals surface area contributed by atoms with Gasteiger partial charge in [-0.15, -0.1) is 0 Å². The number of hydrogen-bond donors (Lipinski definition) is 2. The van der Waals surface area contributed by atoms with Gasteiger partial charge in [-0.2, -0.15) is 0 Å². The number of aryl methyl sites for hydroxylation is 1. The maximum absolute atomic E-state index is 9.31. The Bertz CT molecular complexity index is 275. The first-order valence-electron chi connectivity index (χ1n) is 4.72. The van der Waals surface area contributed by atoms with Crippen LogP contribution in [0.3, 0.4) is 0 Å². The van der Waals surface area contributed by atoms with Crippen molar-refractivity contribution in [1.82, 2.24) is 0 Å². The number of methoxy groups -OCH3 is 1. The van der Waals surface area contributed by atoms with E-state index in [-0.39, 0.29) is 6.79 Å². The summed E-state index contributed by atoms with van der Waals surface area (Å²) >= 11 is 5.74. The van der Waals surface area contributed by atoms with E-state index in [0.29, 0.717) is 10.8 Å². The Balaban J connectivity index is 0.000000423. The van der Waals surface area contributed by atoms with Gasteiger partial charge in [0.25, 0.3) is 0 Å². The normalized spacial score (nSPS) is 9.33. The van der Waals surface area contributed by atoms with Gasteiger partial charge in [0.15, 0.2) is 0 Å². The maximum Gasteiger partial charge on any atom is 0.143 e. The Morgan fingerprint density at radius 1 is 1.40 bits per heavy atom. The van der Waals surface area contributed by atoms with Crippen LogP contribution in [0.4, 0.5) is 0 Å². The molecule has 0 heterocycles. The molecule has 0 unspecified atom stereocenters. The molecule has 0 saturated heterocycles. The fourth-order valence-electron chi connectivity index (χ4n) is 1.02. The van der Waals surface area contributed by atoms with Gasteiger partial charge >= 0.3 is 0 Å². The van der Waals surface area contributed by atoms with E-state index in [1.54, 1.807) is 18.2 Å². The first-order valence-corrected chi connectivity index (χ1v) is 5.10. The predicted octanol–water partition coefficient (Wildman–Crippen LogP) is 2.58. The molecule has 0 amide bonds. The van der Waals surface area contributed by atoms with E-state index >= 15 is 0 Å². The van der Waals surface area contributed by atoms with Gasteiger partial charge in [0, 0.05) is 12.1 Å². The molecule has 1 rings (SSSR count). The van der Waals surface area contributed by atoms with Gasteiger partial charge in [0.1, 0.15) is 12.5 Å². The van der Waals surface area contributed by atoms with E-state index in [1.807, 2.05) is 0 Å². The lowest BCUT2D eigenvalue weighted by Gasteiger charge is -2.01. The Morgan fingerprint density at radius 3 is 2.47 bits per heavy atom. The van der Waals surface area contributed by atoms with E-state index in [2.05, 4.69) is 11.7 Å². The Hall–Kier alpha value is -0.770. The van der Waals surface area contributed by atoms with Crippen LogP contribution in [0.1, 0.15) is 18.9 Å². The first kappa shape index (κ1) is 14.2. The fraction of sp³-hybridized carbons (Fsp3) is 0.455. The third-order valence-electron chi connectivity index (χ3n) is 1.69. The number of halogens is 1. The summed E-state index contributed by atoms with van der Waals surface area (Å²) in [7, 11) is 1.43. The van der Waals surface area contributed by atoms with Crippen LogP contribution in [-0.4, -0.2) is 24.1 Å². The third-order valence-corrected chi connectivity index (χ3v) is 1.93. The first-order chi connectivity index (χ1) is 7.15. The maximum atomic E-state index is 9.31. The topological polar surface area (TPSA) is 49.7 Å². The molecule has 3 nitrogen and oxygen atoms in total. The predicted molar refractivity (Wildman–Crippen MR) is 61.2 cm³/mol. The van der Waals surface area contributed by atoms with Crippen molar-refractivity contribution in [3.05, 3.63) is 28.8 Å². The summed E-state index contributed by atoms with van der Waals surface area (Å²) in [6, 6.07) is 5.13. The number of rotatable bonds is 3. The molecule has 0 saturated carbocycles. The molecule has 1 aromatic carbocycles. The van der Waals surface area contributed by atoms with Crippen molar-refractivity contribution in [2.24, 2.45) is 0 Å². The average molecular weight is 233 g/mol. The number of phenolic OH excluding ortho intramolecular Hbond substituents is 1. The highest BCUT2D eigenvalue weighted by Gasteiger charge is 1.99. The van der Waals surface area contributed by atoms with Gasteiger partial charge in [-0.25, -0.2) is 0 Å². The Morgan fingerprint density at radius 2 is 2.00 bits per heavy atom. The summed E-state index contributed by atoms with van der Waals surface area (Å²) < 4.78 is 4.10. The summed E-state index contributed by atoms with van der Waals surface area (Å²) in [6.45, 7) is 1.89.